The van der Waals surface area contributed by atoms with Crippen molar-refractivity contribution in [2.24, 2.45) is 0 Å². The smallest absolute Gasteiger partial charge is 0.419 e. The van der Waals surface area contributed by atoms with E-state index in [9.17, 15) is 13.2 Å². The quantitative estimate of drug-likeness (QED) is 0.581. The maximum absolute atomic E-state index is 12.6. The van der Waals surface area contributed by atoms with Crippen molar-refractivity contribution in [2.75, 3.05) is 20.3 Å². The minimum absolute atomic E-state index is 0.153. The molecule has 0 aliphatic rings. The fraction of sp³-hybridized carbons (Fsp3) is 0.455. The summed E-state index contributed by atoms with van der Waals surface area (Å²) >= 11 is 0. The molecule has 0 N–H and O–H groups in total. The maximum atomic E-state index is 12.6. The Morgan fingerprint density at radius 3 is 2.53 bits per heavy atom. The molecule has 0 spiro atoms. The number of ether oxygens (including phenoxy) is 2. The topological polar surface area (TPSA) is 18.5 Å². The second-order valence-electron chi connectivity index (χ2n) is 3.45. The van der Waals surface area contributed by atoms with Gasteiger partial charge >= 0.3 is 6.18 Å². The molecule has 1 aromatic carbocycles. The van der Waals surface area contributed by atoms with E-state index in [1.165, 1.54) is 19.2 Å². The van der Waals surface area contributed by atoms with Gasteiger partial charge < -0.3 is 9.47 Å². The van der Waals surface area contributed by atoms with Crippen LogP contribution in [0.4, 0.5) is 13.2 Å². The van der Waals surface area contributed by atoms with Gasteiger partial charge in [-0.1, -0.05) is 11.5 Å². The van der Waals surface area contributed by atoms with E-state index in [1.54, 1.807) is 0 Å². The lowest BCUT2D eigenvalue weighted by Crippen LogP contribution is -2.13. The number of methoxy groups -OCH3 is 1. The average molecular weight is 244 g/mol. The van der Waals surface area contributed by atoms with E-state index in [0.717, 1.165) is 6.07 Å². The fourth-order valence-electron chi connectivity index (χ4n) is 1.28. The van der Waals surface area contributed by atoms with Crippen molar-refractivity contribution in [2.45, 2.75) is 12.6 Å². The van der Waals surface area contributed by atoms with E-state index in [-0.39, 0.29) is 17.8 Å². The number of hydrogen-bond acceptors (Lipinski definition) is 2. The number of rotatable bonds is 5. The Hall–Kier alpha value is -1.17. The van der Waals surface area contributed by atoms with Crippen molar-refractivity contribution in [3.05, 3.63) is 23.8 Å². The molecule has 0 aromatic heterocycles. The molecule has 1 aromatic rings. The van der Waals surface area contributed by atoms with Crippen LogP contribution in [-0.4, -0.2) is 28.2 Å². The van der Waals surface area contributed by atoms with Crippen LogP contribution in [0.1, 0.15) is 12.0 Å². The van der Waals surface area contributed by atoms with Crippen molar-refractivity contribution < 1.29 is 22.6 Å². The predicted molar refractivity (Wildman–Crippen MR) is 58.8 cm³/mol. The van der Waals surface area contributed by atoms with Gasteiger partial charge in [-0.05, 0) is 12.1 Å². The molecule has 6 heteroatoms. The Bertz CT molecular complexity index is 366. The molecule has 0 unspecified atom stereocenters. The highest BCUT2D eigenvalue weighted by molar-refractivity contribution is 6.32. The Kier molecular flexibility index (Phi) is 4.87. The maximum Gasteiger partial charge on any atom is 0.419 e. The Morgan fingerprint density at radius 2 is 1.94 bits per heavy atom. The molecule has 0 saturated carbocycles. The fourth-order valence-corrected chi connectivity index (χ4v) is 1.28. The Morgan fingerprint density at radius 1 is 1.24 bits per heavy atom. The third-order valence-electron chi connectivity index (χ3n) is 2.06. The summed E-state index contributed by atoms with van der Waals surface area (Å²) in [5, 5.41) is 0. The molecule has 2 radical (unpaired) electrons. The van der Waals surface area contributed by atoms with Gasteiger partial charge in [-0.15, -0.1) is 0 Å². The first-order valence-corrected chi connectivity index (χ1v) is 5.03. The predicted octanol–water partition coefficient (Wildman–Crippen LogP) is 1.91. The SMILES string of the molecule is [B]c1ccc(C(F)(F)F)c(OCCCOC)c1. The van der Waals surface area contributed by atoms with Crippen molar-refractivity contribution in [3.63, 3.8) is 0 Å². The van der Waals surface area contributed by atoms with Gasteiger partial charge in [0.1, 0.15) is 13.6 Å². The molecule has 0 aliphatic carbocycles. The number of hydrogen-bond donors (Lipinski definition) is 0. The van der Waals surface area contributed by atoms with Crippen LogP contribution in [0.3, 0.4) is 0 Å². The second kappa shape index (κ2) is 5.96. The van der Waals surface area contributed by atoms with Gasteiger partial charge in [-0.25, -0.2) is 0 Å². The molecule has 0 atom stereocenters. The van der Waals surface area contributed by atoms with Gasteiger partial charge in [0.2, 0.25) is 0 Å². The summed E-state index contributed by atoms with van der Waals surface area (Å²) < 4.78 is 47.7. The van der Waals surface area contributed by atoms with E-state index < -0.39 is 11.7 Å². The highest BCUT2D eigenvalue weighted by Gasteiger charge is 2.34. The third kappa shape index (κ3) is 4.30. The third-order valence-corrected chi connectivity index (χ3v) is 2.06. The highest BCUT2D eigenvalue weighted by Crippen LogP contribution is 2.35. The first-order chi connectivity index (χ1) is 7.95. The van der Waals surface area contributed by atoms with E-state index >= 15 is 0 Å². The van der Waals surface area contributed by atoms with Crippen molar-refractivity contribution in [1.29, 1.82) is 0 Å². The average Bonchev–Trinajstić information content (AvgIpc) is 2.23. The van der Waals surface area contributed by atoms with Crippen molar-refractivity contribution in [3.8, 4) is 5.75 Å². The summed E-state index contributed by atoms with van der Waals surface area (Å²) in [6.45, 7) is 0.587. The van der Waals surface area contributed by atoms with E-state index in [0.29, 0.717) is 13.0 Å². The largest absolute Gasteiger partial charge is 0.493 e. The molecule has 0 saturated heterocycles. The van der Waals surface area contributed by atoms with Gasteiger partial charge in [0.15, 0.2) is 0 Å². The van der Waals surface area contributed by atoms with Crippen LogP contribution in [0, 0.1) is 0 Å². The van der Waals surface area contributed by atoms with Gasteiger partial charge in [0, 0.05) is 20.1 Å². The second-order valence-corrected chi connectivity index (χ2v) is 3.45. The van der Waals surface area contributed by atoms with Gasteiger partial charge in [0.05, 0.1) is 12.2 Å². The summed E-state index contributed by atoms with van der Waals surface area (Å²) in [6, 6.07) is 3.29. The molecule has 0 bridgehead atoms. The molecule has 0 amide bonds. The number of benzene rings is 1. The van der Waals surface area contributed by atoms with Gasteiger partial charge in [-0.3, -0.25) is 0 Å². The first-order valence-electron chi connectivity index (χ1n) is 5.03. The minimum atomic E-state index is -4.44. The molecule has 2 nitrogen and oxygen atoms in total. The van der Waals surface area contributed by atoms with Crippen LogP contribution >= 0.6 is 0 Å². The van der Waals surface area contributed by atoms with Crippen LogP contribution in [0.25, 0.3) is 0 Å². The molecule has 92 valence electrons. The van der Waals surface area contributed by atoms with Crippen LogP contribution in [-0.2, 0) is 10.9 Å². The lowest BCUT2D eigenvalue weighted by molar-refractivity contribution is -0.138. The van der Waals surface area contributed by atoms with E-state index in [1.807, 2.05) is 0 Å². The minimum Gasteiger partial charge on any atom is -0.493 e. The van der Waals surface area contributed by atoms with Crippen LogP contribution in [0.15, 0.2) is 18.2 Å². The Labute approximate surface area is 99.1 Å². The molecular formula is C11H12BF3O2. The summed E-state index contributed by atoms with van der Waals surface area (Å²) in [7, 11) is 6.94. The van der Waals surface area contributed by atoms with E-state index in [2.05, 4.69) is 0 Å². The molecule has 0 fully saturated rings. The van der Waals surface area contributed by atoms with Crippen LogP contribution < -0.4 is 10.2 Å². The van der Waals surface area contributed by atoms with Crippen LogP contribution in [0.2, 0.25) is 0 Å². The molecular weight excluding hydrogens is 232 g/mol. The van der Waals surface area contributed by atoms with Gasteiger partial charge in [-0.2, -0.15) is 13.2 Å². The molecule has 0 aliphatic heterocycles. The summed E-state index contributed by atoms with van der Waals surface area (Å²) in [4.78, 5) is 0. The summed E-state index contributed by atoms with van der Waals surface area (Å²) in [5.74, 6) is -0.242. The Balaban J connectivity index is 2.77. The summed E-state index contributed by atoms with van der Waals surface area (Å²) in [5.41, 5.74) is -0.580. The highest BCUT2D eigenvalue weighted by atomic mass is 19.4. The lowest BCUT2D eigenvalue weighted by atomic mass is 9.94. The summed E-state index contributed by atoms with van der Waals surface area (Å²) in [6.07, 6.45) is -3.92. The van der Waals surface area contributed by atoms with Gasteiger partial charge in [0.25, 0.3) is 0 Å². The first kappa shape index (κ1) is 13.9. The monoisotopic (exact) mass is 244 g/mol. The number of halogens is 3. The standard InChI is InChI=1S/C11H12BF3O2/c1-16-5-2-6-17-10-7-8(12)3-4-9(10)11(13,14)15/h3-4,7H,2,5-6H2,1H3. The zero-order chi connectivity index (χ0) is 12.9. The van der Waals surface area contributed by atoms with Crippen molar-refractivity contribution >= 4 is 13.3 Å². The zero-order valence-electron chi connectivity index (χ0n) is 9.38. The van der Waals surface area contributed by atoms with Crippen LogP contribution in [0.5, 0.6) is 5.75 Å². The lowest BCUT2D eigenvalue weighted by Gasteiger charge is -2.14. The number of alkyl halides is 3. The van der Waals surface area contributed by atoms with Crippen molar-refractivity contribution in [1.82, 2.24) is 0 Å². The molecule has 17 heavy (non-hydrogen) atoms. The normalized spacial score (nSPS) is 11.5. The van der Waals surface area contributed by atoms with E-state index in [4.69, 9.17) is 17.3 Å². The molecule has 1 rings (SSSR count). The molecule has 0 heterocycles. The zero-order valence-corrected chi connectivity index (χ0v) is 9.38.